The Labute approximate surface area is 148 Å². The van der Waals surface area contributed by atoms with E-state index in [9.17, 15) is 9.90 Å². The average molecular weight is 343 g/mol. The van der Waals surface area contributed by atoms with Crippen molar-refractivity contribution in [2.45, 2.75) is 32.7 Å². The van der Waals surface area contributed by atoms with E-state index in [0.717, 1.165) is 35.3 Å². The van der Waals surface area contributed by atoms with Gasteiger partial charge in [-0.2, -0.15) is 0 Å². The number of amides is 1. The summed E-state index contributed by atoms with van der Waals surface area (Å²) in [6.07, 6.45) is 4.11. The maximum Gasteiger partial charge on any atom is 0.226 e. The van der Waals surface area contributed by atoms with Crippen molar-refractivity contribution in [2.24, 2.45) is 11.3 Å². The van der Waals surface area contributed by atoms with Crippen molar-refractivity contribution in [1.82, 2.24) is 4.90 Å². The number of carbonyl (C=O) groups excluding carboxylic acids is 1. The van der Waals surface area contributed by atoms with Crippen LogP contribution in [0, 0.1) is 11.3 Å². The Morgan fingerprint density at radius 1 is 1.40 bits per heavy atom. The normalized spacial score (nSPS) is 23.9. The maximum atomic E-state index is 12.9. The Bertz CT molecular complexity index is 748. The predicted molar refractivity (Wildman–Crippen MR) is 94.5 cm³/mol. The lowest BCUT2D eigenvalue weighted by Gasteiger charge is -2.39. The summed E-state index contributed by atoms with van der Waals surface area (Å²) in [6, 6.07) is 3.41. The number of methoxy groups -OCH3 is 1. The highest BCUT2D eigenvalue weighted by Crippen LogP contribution is 2.49. The first-order chi connectivity index (χ1) is 11.9. The zero-order chi connectivity index (χ0) is 17.8. The molecule has 5 nitrogen and oxygen atoms in total. The van der Waals surface area contributed by atoms with Gasteiger partial charge in [0, 0.05) is 29.0 Å². The van der Waals surface area contributed by atoms with Crippen LogP contribution in [0.4, 0.5) is 0 Å². The fraction of sp³-hybridized carbons (Fsp3) is 0.550. The molecule has 1 amide bonds. The molecule has 25 heavy (non-hydrogen) atoms. The van der Waals surface area contributed by atoms with Crippen molar-refractivity contribution in [1.29, 1.82) is 0 Å². The number of aliphatic hydroxyl groups is 1. The number of nitrogens with zero attached hydrogens (tertiary/aromatic N) is 1. The van der Waals surface area contributed by atoms with Gasteiger partial charge in [0.2, 0.25) is 5.91 Å². The summed E-state index contributed by atoms with van der Waals surface area (Å²) in [5, 5.41) is 10.1. The van der Waals surface area contributed by atoms with Crippen LogP contribution in [0.25, 0.3) is 5.57 Å². The number of carbonyl (C=O) groups is 1. The third-order valence-electron chi connectivity index (χ3n) is 5.31. The second-order valence-corrected chi connectivity index (χ2v) is 7.94. The smallest absolute Gasteiger partial charge is 0.226 e. The molecule has 0 saturated heterocycles. The summed E-state index contributed by atoms with van der Waals surface area (Å²) in [6.45, 7) is 5.24. The van der Waals surface area contributed by atoms with Gasteiger partial charge in [-0.05, 0) is 30.5 Å². The van der Waals surface area contributed by atoms with Gasteiger partial charge in [0.1, 0.15) is 11.5 Å². The molecule has 0 spiro atoms. The lowest BCUT2D eigenvalue weighted by Crippen LogP contribution is -2.42. The summed E-state index contributed by atoms with van der Waals surface area (Å²) >= 11 is 0. The Balaban J connectivity index is 1.92. The SMILES string of the molecule is COc1ccc2c3c1C(CO)N(C(=O)C1CC1)CC3=CC(C)(C)CO2. The van der Waals surface area contributed by atoms with E-state index in [1.807, 2.05) is 17.0 Å². The van der Waals surface area contributed by atoms with Crippen LogP contribution in [-0.2, 0) is 4.79 Å². The number of benzene rings is 1. The first-order valence-corrected chi connectivity index (χ1v) is 8.92. The summed E-state index contributed by atoms with van der Waals surface area (Å²) in [5.41, 5.74) is 2.82. The van der Waals surface area contributed by atoms with Gasteiger partial charge >= 0.3 is 0 Å². The minimum absolute atomic E-state index is 0.111. The molecule has 4 rings (SSSR count). The van der Waals surface area contributed by atoms with Crippen molar-refractivity contribution in [3.63, 3.8) is 0 Å². The number of rotatable bonds is 3. The van der Waals surface area contributed by atoms with Crippen molar-refractivity contribution in [3.05, 3.63) is 29.3 Å². The van der Waals surface area contributed by atoms with E-state index >= 15 is 0 Å². The van der Waals surface area contributed by atoms with E-state index in [4.69, 9.17) is 9.47 Å². The van der Waals surface area contributed by atoms with Crippen LogP contribution in [0.15, 0.2) is 18.2 Å². The van der Waals surface area contributed by atoms with Crippen LogP contribution in [0.3, 0.4) is 0 Å². The molecular weight excluding hydrogens is 318 g/mol. The molecule has 1 aromatic rings. The quantitative estimate of drug-likeness (QED) is 0.917. The lowest BCUT2D eigenvalue weighted by molar-refractivity contribution is -0.135. The van der Waals surface area contributed by atoms with Crippen molar-refractivity contribution < 1.29 is 19.4 Å². The molecule has 3 aliphatic rings. The maximum absolute atomic E-state index is 12.9. The highest BCUT2D eigenvalue weighted by Gasteiger charge is 2.43. The van der Waals surface area contributed by atoms with E-state index in [1.165, 1.54) is 0 Å². The zero-order valence-corrected chi connectivity index (χ0v) is 15.0. The van der Waals surface area contributed by atoms with Crippen LogP contribution in [0.5, 0.6) is 11.5 Å². The van der Waals surface area contributed by atoms with E-state index < -0.39 is 0 Å². The van der Waals surface area contributed by atoms with Gasteiger partial charge in [0.25, 0.3) is 0 Å². The number of hydrogen-bond donors (Lipinski definition) is 1. The second kappa shape index (κ2) is 5.77. The van der Waals surface area contributed by atoms with Crippen LogP contribution < -0.4 is 9.47 Å². The molecule has 1 unspecified atom stereocenters. The standard InChI is InChI=1S/C20H25NO4/c1-20(2)8-13-9-21(19(23)12-4-5-12)14(10-22)18-15(24-3)6-7-16(17(13)18)25-11-20/h6-8,12,14,22H,4-5,9-11H2,1-3H3. The first kappa shape index (κ1) is 16.5. The van der Waals surface area contributed by atoms with Gasteiger partial charge in [-0.1, -0.05) is 19.9 Å². The fourth-order valence-corrected chi connectivity index (χ4v) is 3.95. The molecule has 2 heterocycles. The number of ether oxygens (including phenoxy) is 2. The molecular formula is C20H25NO4. The molecule has 1 aliphatic carbocycles. The van der Waals surface area contributed by atoms with E-state index in [1.54, 1.807) is 7.11 Å². The van der Waals surface area contributed by atoms with E-state index in [2.05, 4.69) is 19.9 Å². The Hall–Kier alpha value is -2.01. The highest BCUT2D eigenvalue weighted by atomic mass is 16.5. The van der Waals surface area contributed by atoms with Crippen LogP contribution in [0.2, 0.25) is 0 Å². The number of aliphatic hydroxyl groups excluding tert-OH is 1. The van der Waals surface area contributed by atoms with Crippen molar-refractivity contribution in [2.75, 3.05) is 26.9 Å². The predicted octanol–water partition coefficient (Wildman–Crippen LogP) is 2.78. The van der Waals surface area contributed by atoms with E-state index in [-0.39, 0.29) is 29.9 Å². The van der Waals surface area contributed by atoms with Gasteiger partial charge < -0.3 is 19.5 Å². The zero-order valence-electron chi connectivity index (χ0n) is 15.0. The molecule has 0 radical (unpaired) electrons. The lowest BCUT2D eigenvalue weighted by atomic mass is 9.84. The summed E-state index contributed by atoms with van der Waals surface area (Å²) < 4.78 is 11.6. The molecule has 1 atom stereocenters. The minimum atomic E-state index is -0.389. The summed E-state index contributed by atoms with van der Waals surface area (Å²) in [4.78, 5) is 14.7. The van der Waals surface area contributed by atoms with Crippen LogP contribution >= 0.6 is 0 Å². The monoisotopic (exact) mass is 343 g/mol. The Morgan fingerprint density at radius 2 is 2.16 bits per heavy atom. The van der Waals surface area contributed by atoms with Gasteiger partial charge in [-0.3, -0.25) is 4.79 Å². The average Bonchev–Trinajstić information content (AvgIpc) is 3.43. The molecule has 1 saturated carbocycles. The minimum Gasteiger partial charge on any atom is -0.496 e. The van der Waals surface area contributed by atoms with Gasteiger partial charge in [-0.15, -0.1) is 0 Å². The second-order valence-electron chi connectivity index (χ2n) is 7.94. The van der Waals surface area contributed by atoms with Gasteiger partial charge in [0.05, 0.1) is 26.4 Å². The summed E-state index contributed by atoms with van der Waals surface area (Å²) in [5.74, 6) is 1.76. The van der Waals surface area contributed by atoms with Gasteiger partial charge in [0.15, 0.2) is 0 Å². The number of hydrogen-bond acceptors (Lipinski definition) is 4. The van der Waals surface area contributed by atoms with Crippen LogP contribution in [-0.4, -0.2) is 42.8 Å². The van der Waals surface area contributed by atoms with Crippen molar-refractivity contribution >= 4 is 11.5 Å². The highest BCUT2D eigenvalue weighted by molar-refractivity contribution is 5.88. The topological polar surface area (TPSA) is 59.0 Å². The van der Waals surface area contributed by atoms with E-state index in [0.29, 0.717) is 18.9 Å². The molecule has 0 bridgehead atoms. The molecule has 1 aromatic carbocycles. The molecule has 0 aromatic heterocycles. The third-order valence-corrected chi connectivity index (χ3v) is 5.31. The summed E-state index contributed by atoms with van der Waals surface area (Å²) in [7, 11) is 1.62. The Kier molecular flexibility index (Phi) is 3.80. The first-order valence-electron chi connectivity index (χ1n) is 8.92. The molecule has 2 aliphatic heterocycles. The van der Waals surface area contributed by atoms with Gasteiger partial charge in [-0.25, -0.2) is 0 Å². The molecule has 1 N–H and O–H groups in total. The third kappa shape index (κ3) is 2.71. The van der Waals surface area contributed by atoms with Crippen molar-refractivity contribution in [3.8, 4) is 11.5 Å². The molecule has 5 heteroatoms. The molecule has 1 fully saturated rings. The van der Waals surface area contributed by atoms with Crippen LogP contribution in [0.1, 0.15) is 43.9 Å². The fourth-order valence-electron chi connectivity index (χ4n) is 3.95. The largest absolute Gasteiger partial charge is 0.496 e. The Morgan fingerprint density at radius 3 is 2.80 bits per heavy atom. The molecule has 134 valence electrons.